The van der Waals surface area contributed by atoms with Crippen LogP contribution in [0.3, 0.4) is 0 Å². The van der Waals surface area contributed by atoms with Crippen molar-refractivity contribution in [3.05, 3.63) is 21.9 Å². The van der Waals surface area contributed by atoms with Crippen LogP contribution in [0.15, 0.2) is 12.1 Å². The van der Waals surface area contributed by atoms with Crippen LogP contribution in [0.25, 0.3) is 0 Å². The van der Waals surface area contributed by atoms with Gasteiger partial charge in [-0.15, -0.1) is 11.3 Å². The highest BCUT2D eigenvalue weighted by Crippen LogP contribution is 2.18. The van der Waals surface area contributed by atoms with Gasteiger partial charge in [-0.2, -0.15) is 0 Å². The third-order valence-electron chi connectivity index (χ3n) is 2.58. The van der Waals surface area contributed by atoms with Crippen molar-refractivity contribution in [1.82, 2.24) is 5.32 Å². The van der Waals surface area contributed by atoms with Gasteiger partial charge in [0, 0.05) is 22.8 Å². The van der Waals surface area contributed by atoms with Crippen molar-refractivity contribution < 1.29 is 14.7 Å². The molecule has 5 nitrogen and oxygen atoms in total. The Bertz CT molecular complexity index is 440. The van der Waals surface area contributed by atoms with Gasteiger partial charge in [0.25, 0.3) is 0 Å². The predicted molar refractivity (Wildman–Crippen MR) is 70.3 cm³/mol. The number of rotatable bonds is 7. The summed E-state index contributed by atoms with van der Waals surface area (Å²) in [6, 6.07) is 3.71. The van der Waals surface area contributed by atoms with Crippen LogP contribution in [0.1, 0.15) is 23.6 Å². The molecule has 0 aliphatic heterocycles. The number of hydrogen-bond donors (Lipinski definition) is 3. The molecule has 0 aliphatic carbocycles. The molecule has 0 saturated heterocycles. The van der Waals surface area contributed by atoms with E-state index in [1.807, 2.05) is 12.1 Å². The minimum Gasteiger partial charge on any atom is -0.481 e. The fraction of sp³-hybridized carbons (Fsp3) is 0.500. The van der Waals surface area contributed by atoms with Gasteiger partial charge in [-0.3, -0.25) is 9.59 Å². The number of carbonyl (C=O) groups excluding carboxylic acids is 1. The first kappa shape index (κ1) is 14.7. The van der Waals surface area contributed by atoms with Gasteiger partial charge in [0.05, 0.1) is 11.8 Å². The molecule has 0 radical (unpaired) electrons. The van der Waals surface area contributed by atoms with Crippen LogP contribution in [0.2, 0.25) is 0 Å². The number of amides is 1. The van der Waals surface area contributed by atoms with Gasteiger partial charge in [0.2, 0.25) is 5.91 Å². The highest BCUT2D eigenvalue weighted by molar-refractivity contribution is 7.12. The maximum Gasteiger partial charge on any atom is 0.308 e. The van der Waals surface area contributed by atoms with Crippen molar-refractivity contribution in [3.8, 4) is 0 Å². The lowest BCUT2D eigenvalue weighted by atomic mass is 9.93. The van der Waals surface area contributed by atoms with E-state index in [1.54, 1.807) is 13.8 Å². The molecule has 0 spiro atoms. The fourth-order valence-corrected chi connectivity index (χ4v) is 2.33. The van der Waals surface area contributed by atoms with E-state index in [0.29, 0.717) is 13.1 Å². The highest BCUT2D eigenvalue weighted by atomic mass is 32.1. The lowest BCUT2D eigenvalue weighted by Gasteiger charge is -2.20. The number of nitrogens with one attached hydrogen (secondary N) is 1. The van der Waals surface area contributed by atoms with Crippen molar-refractivity contribution >= 4 is 23.2 Å². The van der Waals surface area contributed by atoms with Crippen molar-refractivity contribution in [1.29, 1.82) is 0 Å². The van der Waals surface area contributed by atoms with Crippen LogP contribution >= 0.6 is 11.3 Å². The van der Waals surface area contributed by atoms with E-state index in [9.17, 15) is 9.59 Å². The average molecular weight is 270 g/mol. The molecule has 1 aromatic rings. The van der Waals surface area contributed by atoms with Gasteiger partial charge >= 0.3 is 5.97 Å². The van der Waals surface area contributed by atoms with E-state index in [2.05, 4.69) is 5.32 Å². The summed E-state index contributed by atoms with van der Waals surface area (Å²) in [4.78, 5) is 23.5. The first-order valence-electron chi connectivity index (χ1n) is 5.61. The zero-order chi connectivity index (χ0) is 13.8. The summed E-state index contributed by atoms with van der Waals surface area (Å²) < 4.78 is 0. The number of carboxylic acids is 1. The van der Waals surface area contributed by atoms with E-state index < -0.39 is 11.4 Å². The molecule has 0 saturated carbocycles. The summed E-state index contributed by atoms with van der Waals surface area (Å²) in [5.41, 5.74) is 4.68. The summed E-state index contributed by atoms with van der Waals surface area (Å²) in [7, 11) is 0. The van der Waals surface area contributed by atoms with Crippen LogP contribution < -0.4 is 11.1 Å². The van der Waals surface area contributed by atoms with E-state index in [0.717, 1.165) is 9.75 Å². The Morgan fingerprint density at radius 2 is 2.00 bits per heavy atom. The van der Waals surface area contributed by atoms with Gasteiger partial charge in [-0.05, 0) is 26.0 Å². The van der Waals surface area contributed by atoms with E-state index in [-0.39, 0.29) is 12.3 Å². The zero-order valence-corrected chi connectivity index (χ0v) is 11.3. The Morgan fingerprint density at radius 3 is 2.56 bits per heavy atom. The second-order valence-electron chi connectivity index (χ2n) is 4.79. The number of hydrogen-bond acceptors (Lipinski definition) is 4. The Labute approximate surface area is 110 Å². The molecule has 0 aromatic carbocycles. The van der Waals surface area contributed by atoms with Crippen LogP contribution in [0.4, 0.5) is 0 Å². The van der Waals surface area contributed by atoms with E-state index >= 15 is 0 Å². The molecule has 0 aliphatic rings. The van der Waals surface area contributed by atoms with E-state index in [1.165, 1.54) is 11.3 Å². The summed E-state index contributed by atoms with van der Waals surface area (Å²) >= 11 is 1.46. The van der Waals surface area contributed by atoms with Crippen molar-refractivity contribution in [2.24, 2.45) is 11.1 Å². The summed E-state index contributed by atoms with van der Waals surface area (Å²) in [6.07, 6.45) is 0.0530. The molecular weight excluding hydrogens is 252 g/mol. The number of nitrogens with two attached hydrogens (primary N) is 1. The second kappa shape index (κ2) is 5.97. The van der Waals surface area contributed by atoms with Gasteiger partial charge in [-0.1, -0.05) is 0 Å². The molecule has 0 unspecified atom stereocenters. The van der Waals surface area contributed by atoms with Gasteiger partial charge < -0.3 is 16.2 Å². The standard InChI is InChI=1S/C12H18N2O3S/c1-12(2,11(13)17)7-14-6-9-4-3-8(18-9)5-10(15)16/h3-4,14H,5-7H2,1-2H3,(H2,13,17)(H,15,16). The minimum absolute atomic E-state index is 0.0530. The molecule has 6 heteroatoms. The SMILES string of the molecule is CC(C)(CNCc1ccc(CC(=O)O)s1)C(N)=O. The molecule has 100 valence electrons. The Kier molecular flexibility index (Phi) is 4.86. The summed E-state index contributed by atoms with van der Waals surface area (Å²) in [5, 5.41) is 11.8. The molecule has 1 heterocycles. The monoisotopic (exact) mass is 270 g/mol. The highest BCUT2D eigenvalue weighted by Gasteiger charge is 2.24. The fourth-order valence-electron chi connectivity index (χ4n) is 1.35. The molecule has 1 rings (SSSR count). The van der Waals surface area contributed by atoms with Gasteiger partial charge in [0.15, 0.2) is 0 Å². The van der Waals surface area contributed by atoms with Crippen LogP contribution in [0, 0.1) is 5.41 Å². The van der Waals surface area contributed by atoms with Crippen molar-refractivity contribution in [3.63, 3.8) is 0 Å². The number of carbonyl (C=O) groups is 2. The number of primary amides is 1. The lowest BCUT2D eigenvalue weighted by Crippen LogP contribution is -2.40. The Hall–Kier alpha value is -1.40. The predicted octanol–water partition coefficient (Wildman–Crippen LogP) is 0.976. The normalized spacial score (nSPS) is 11.4. The Balaban J connectivity index is 2.42. The molecular formula is C12H18N2O3S. The quantitative estimate of drug-likeness (QED) is 0.688. The molecule has 18 heavy (non-hydrogen) atoms. The van der Waals surface area contributed by atoms with Gasteiger partial charge in [0.1, 0.15) is 0 Å². The zero-order valence-electron chi connectivity index (χ0n) is 10.5. The number of thiophene rings is 1. The van der Waals surface area contributed by atoms with Crippen LogP contribution in [-0.4, -0.2) is 23.5 Å². The van der Waals surface area contributed by atoms with Crippen molar-refractivity contribution in [2.45, 2.75) is 26.8 Å². The number of carboxylic acid groups (broad SMARTS) is 1. The van der Waals surface area contributed by atoms with Crippen LogP contribution in [0.5, 0.6) is 0 Å². The molecule has 1 amide bonds. The molecule has 0 atom stereocenters. The maximum absolute atomic E-state index is 11.1. The van der Waals surface area contributed by atoms with Crippen LogP contribution in [-0.2, 0) is 22.6 Å². The Morgan fingerprint density at radius 1 is 1.39 bits per heavy atom. The first-order valence-corrected chi connectivity index (χ1v) is 6.43. The topological polar surface area (TPSA) is 92.4 Å². The third kappa shape index (κ3) is 4.46. The van der Waals surface area contributed by atoms with E-state index in [4.69, 9.17) is 10.8 Å². The average Bonchev–Trinajstić information content (AvgIpc) is 2.64. The first-order chi connectivity index (χ1) is 8.31. The minimum atomic E-state index is -0.828. The molecule has 4 N–H and O–H groups in total. The lowest BCUT2D eigenvalue weighted by molar-refractivity contribution is -0.136. The molecule has 0 bridgehead atoms. The largest absolute Gasteiger partial charge is 0.481 e. The third-order valence-corrected chi connectivity index (χ3v) is 3.66. The van der Waals surface area contributed by atoms with Crippen molar-refractivity contribution in [2.75, 3.05) is 6.54 Å². The number of aliphatic carboxylic acids is 1. The molecule has 0 fully saturated rings. The van der Waals surface area contributed by atoms with Gasteiger partial charge in [-0.25, -0.2) is 0 Å². The molecule has 1 aromatic heterocycles. The summed E-state index contributed by atoms with van der Waals surface area (Å²) in [6.45, 7) is 4.68. The summed E-state index contributed by atoms with van der Waals surface area (Å²) in [5.74, 6) is -1.17. The smallest absolute Gasteiger partial charge is 0.308 e. The maximum atomic E-state index is 11.1. The second-order valence-corrected chi connectivity index (χ2v) is 6.04.